The molecular formula is C18H19NO3. The van der Waals surface area contributed by atoms with Crippen LogP contribution in [0.25, 0.3) is 0 Å². The van der Waals surface area contributed by atoms with E-state index < -0.39 is 0 Å². The maximum atomic E-state index is 12.2. The largest absolute Gasteiger partial charge is 0.454 e. The van der Waals surface area contributed by atoms with Crippen LogP contribution in [0.3, 0.4) is 0 Å². The van der Waals surface area contributed by atoms with E-state index in [1.54, 1.807) is 19.0 Å². The molecule has 0 aliphatic carbocycles. The number of carbonyl (C=O) groups is 1. The molecule has 4 heteroatoms. The molecule has 1 heterocycles. The van der Waals surface area contributed by atoms with Crippen molar-refractivity contribution in [3.8, 4) is 11.5 Å². The highest BCUT2D eigenvalue weighted by atomic mass is 16.7. The number of carbonyl (C=O) groups excluding carboxylic acids is 1. The third-order valence-corrected chi connectivity index (χ3v) is 3.88. The Hall–Kier alpha value is -2.49. The summed E-state index contributed by atoms with van der Waals surface area (Å²) in [6.07, 6.45) is 0.427. The maximum Gasteiger partial charge on any atom is 0.231 e. The van der Waals surface area contributed by atoms with Crippen LogP contribution in [0.15, 0.2) is 48.5 Å². The second kappa shape index (κ2) is 6.10. The SMILES string of the molecule is CN(C)C(=O)C[C@@H](c1ccccc1)c1ccc2c(c1)OCO2. The van der Waals surface area contributed by atoms with Crippen LogP contribution in [0.1, 0.15) is 23.5 Å². The fourth-order valence-electron chi connectivity index (χ4n) is 2.60. The van der Waals surface area contributed by atoms with E-state index in [4.69, 9.17) is 9.47 Å². The topological polar surface area (TPSA) is 38.8 Å². The highest BCUT2D eigenvalue weighted by Gasteiger charge is 2.22. The molecule has 4 nitrogen and oxygen atoms in total. The number of nitrogens with zero attached hydrogens (tertiary/aromatic N) is 1. The van der Waals surface area contributed by atoms with Crippen LogP contribution in [-0.2, 0) is 4.79 Å². The van der Waals surface area contributed by atoms with E-state index >= 15 is 0 Å². The Morgan fingerprint density at radius 3 is 2.50 bits per heavy atom. The number of amides is 1. The first kappa shape index (κ1) is 14.4. The first-order valence-corrected chi connectivity index (χ1v) is 7.30. The number of benzene rings is 2. The van der Waals surface area contributed by atoms with E-state index in [9.17, 15) is 4.79 Å². The minimum Gasteiger partial charge on any atom is -0.454 e. The molecule has 3 rings (SSSR count). The summed E-state index contributed by atoms with van der Waals surface area (Å²) in [7, 11) is 3.56. The van der Waals surface area contributed by atoms with Gasteiger partial charge in [-0.3, -0.25) is 4.79 Å². The molecule has 1 atom stereocenters. The summed E-state index contributed by atoms with van der Waals surface area (Å²) in [5, 5.41) is 0. The van der Waals surface area contributed by atoms with Crippen LogP contribution < -0.4 is 9.47 Å². The molecule has 1 amide bonds. The van der Waals surface area contributed by atoms with Crippen LogP contribution in [0.5, 0.6) is 11.5 Å². The van der Waals surface area contributed by atoms with Crippen molar-refractivity contribution < 1.29 is 14.3 Å². The normalized spacial score (nSPS) is 13.7. The minimum absolute atomic E-state index is 0.00519. The Labute approximate surface area is 130 Å². The Bertz CT molecular complexity index is 667. The fourth-order valence-corrected chi connectivity index (χ4v) is 2.60. The van der Waals surface area contributed by atoms with Crippen molar-refractivity contribution in [2.45, 2.75) is 12.3 Å². The molecule has 0 saturated heterocycles. The van der Waals surface area contributed by atoms with Gasteiger partial charge in [-0.2, -0.15) is 0 Å². The van der Waals surface area contributed by atoms with Gasteiger partial charge in [0.05, 0.1) is 0 Å². The van der Waals surface area contributed by atoms with Gasteiger partial charge < -0.3 is 14.4 Å². The van der Waals surface area contributed by atoms with Crippen molar-refractivity contribution in [3.05, 3.63) is 59.7 Å². The molecule has 0 saturated carbocycles. The molecular weight excluding hydrogens is 278 g/mol. The first-order valence-electron chi connectivity index (χ1n) is 7.30. The summed E-state index contributed by atoms with van der Waals surface area (Å²) in [4.78, 5) is 13.8. The smallest absolute Gasteiger partial charge is 0.231 e. The van der Waals surface area contributed by atoms with Gasteiger partial charge >= 0.3 is 0 Å². The molecule has 1 aliphatic rings. The summed E-state index contributed by atoms with van der Waals surface area (Å²) in [5.74, 6) is 1.61. The van der Waals surface area contributed by atoms with Gasteiger partial charge in [0.15, 0.2) is 11.5 Å². The van der Waals surface area contributed by atoms with Crippen molar-refractivity contribution in [2.75, 3.05) is 20.9 Å². The van der Waals surface area contributed by atoms with E-state index in [0.717, 1.165) is 22.6 Å². The van der Waals surface area contributed by atoms with E-state index in [1.165, 1.54) is 0 Å². The summed E-state index contributed by atoms with van der Waals surface area (Å²) in [6.45, 7) is 0.255. The van der Waals surface area contributed by atoms with Crippen molar-refractivity contribution in [3.63, 3.8) is 0 Å². The summed E-state index contributed by atoms with van der Waals surface area (Å²) < 4.78 is 10.8. The zero-order chi connectivity index (χ0) is 15.5. The molecule has 1 aliphatic heterocycles. The zero-order valence-electron chi connectivity index (χ0n) is 12.8. The van der Waals surface area contributed by atoms with Gasteiger partial charge in [0.1, 0.15) is 0 Å². The predicted molar refractivity (Wildman–Crippen MR) is 84.2 cm³/mol. The van der Waals surface area contributed by atoms with Gasteiger partial charge in [-0.1, -0.05) is 36.4 Å². The Kier molecular flexibility index (Phi) is 4.00. The van der Waals surface area contributed by atoms with Gasteiger partial charge in [0, 0.05) is 26.4 Å². The van der Waals surface area contributed by atoms with Crippen molar-refractivity contribution in [1.29, 1.82) is 0 Å². The van der Waals surface area contributed by atoms with E-state index in [1.807, 2.05) is 36.4 Å². The molecule has 0 fully saturated rings. The van der Waals surface area contributed by atoms with Gasteiger partial charge in [0.25, 0.3) is 0 Å². The summed E-state index contributed by atoms with van der Waals surface area (Å²) in [6, 6.07) is 16.0. The number of rotatable bonds is 4. The van der Waals surface area contributed by atoms with Crippen molar-refractivity contribution >= 4 is 5.91 Å². The van der Waals surface area contributed by atoms with Gasteiger partial charge in [0.2, 0.25) is 12.7 Å². The highest BCUT2D eigenvalue weighted by Crippen LogP contribution is 2.37. The number of hydrogen-bond acceptors (Lipinski definition) is 3. The third kappa shape index (κ3) is 2.91. The Morgan fingerprint density at radius 2 is 1.77 bits per heavy atom. The average Bonchev–Trinajstić information content (AvgIpc) is 3.00. The highest BCUT2D eigenvalue weighted by molar-refractivity contribution is 5.77. The van der Waals surface area contributed by atoms with Gasteiger partial charge in [-0.25, -0.2) is 0 Å². The van der Waals surface area contributed by atoms with Crippen LogP contribution >= 0.6 is 0 Å². The second-order valence-electron chi connectivity index (χ2n) is 5.57. The molecule has 0 unspecified atom stereocenters. The van der Waals surface area contributed by atoms with Crippen LogP contribution in [0.4, 0.5) is 0 Å². The summed E-state index contributed by atoms with van der Waals surface area (Å²) >= 11 is 0. The van der Waals surface area contributed by atoms with Gasteiger partial charge in [-0.15, -0.1) is 0 Å². The van der Waals surface area contributed by atoms with E-state index in [2.05, 4.69) is 12.1 Å². The molecule has 0 spiro atoms. The van der Waals surface area contributed by atoms with Crippen molar-refractivity contribution in [2.24, 2.45) is 0 Å². The molecule has 22 heavy (non-hydrogen) atoms. The second-order valence-corrected chi connectivity index (χ2v) is 5.57. The average molecular weight is 297 g/mol. The van der Waals surface area contributed by atoms with E-state index in [0.29, 0.717) is 6.42 Å². The Balaban J connectivity index is 1.96. The molecule has 0 radical (unpaired) electrons. The number of hydrogen-bond donors (Lipinski definition) is 0. The number of ether oxygens (including phenoxy) is 2. The molecule has 2 aromatic rings. The van der Waals surface area contributed by atoms with Crippen molar-refractivity contribution in [1.82, 2.24) is 4.90 Å². The lowest BCUT2D eigenvalue weighted by molar-refractivity contribution is -0.128. The minimum atomic E-state index is 0.00519. The fraction of sp³-hybridized carbons (Fsp3) is 0.278. The number of fused-ring (bicyclic) bond motifs is 1. The monoisotopic (exact) mass is 297 g/mol. The first-order chi connectivity index (χ1) is 10.6. The summed E-state index contributed by atoms with van der Waals surface area (Å²) in [5.41, 5.74) is 2.18. The van der Waals surface area contributed by atoms with Gasteiger partial charge in [-0.05, 0) is 23.3 Å². The van der Waals surface area contributed by atoms with Crippen LogP contribution in [-0.4, -0.2) is 31.7 Å². The molecule has 114 valence electrons. The lowest BCUT2D eigenvalue weighted by atomic mass is 9.88. The third-order valence-electron chi connectivity index (χ3n) is 3.88. The molecule has 0 N–H and O–H groups in total. The molecule has 0 bridgehead atoms. The molecule has 2 aromatic carbocycles. The maximum absolute atomic E-state index is 12.2. The van der Waals surface area contributed by atoms with E-state index in [-0.39, 0.29) is 18.6 Å². The zero-order valence-corrected chi connectivity index (χ0v) is 12.8. The Morgan fingerprint density at radius 1 is 1.05 bits per heavy atom. The molecule has 0 aromatic heterocycles. The standard InChI is InChI=1S/C18H19NO3/c1-19(2)18(20)11-15(13-6-4-3-5-7-13)14-8-9-16-17(10-14)22-12-21-16/h3-10,15H,11-12H2,1-2H3/t15-/m0/s1. The lowest BCUT2D eigenvalue weighted by Gasteiger charge is -2.20. The quantitative estimate of drug-likeness (QED) is 0.870. The lowest BCUT2D eigenvalue weighted by Crippen LogP contribution is -2.24. The predicted octanol–water partition coefficient (Wildman–Crippen LogP) is 3.03. The van der Waals surface area contributed by atoms with Crippen LogP contribution in [0.2, 0.25) is 0 Å². The van der Waals surface area contributed by atoms with Crippen LogP contribution in [0, 0.1) is 0 Å².